The number of nitrogens with one attached hydrogen (secondary N) is 4. The van der Waals surface area contributed by atoms with Gasteiger partial charge in [0.2, 0.25) is 0 Å². The Balaban J connectivity index is 1.08. The first kappa shape index (κ1) is 49.1. The molecular weight excluding hydrogens is 937 g/mol. The molecule has 18 bridgehead atoms. The molecular formula is C72H66N4O. The Morgan fingerprint density at radius 1 is 0.299 bits per heavy atom. The summed E-state index contributed by atoms with van der Waals surface area (Å²) in [6.45, 7) is 13.9. The molecule has 13 aliphatic rings. The van der Waals surface area contributed by atoms with Crippen LogP contribution in [0, 0.1) is 0 Å². The van der Waals surface area contributed by atoms with E-state index in [1.54, 1.807) is 0 Å². The molecule has 77 heavy (non-hydrogen) atoms. The molecule has 0 radical (unpaired) electrons. The number of para-hydroxylation sites is 4. The molecule has 7 aliphatic carbocycles. The van der Waals surface area contributed by atoms with Crippen LogP contribution in [-0.4, -0.2) is 0 Å². The molecule has 10 aromatic rings. The second kappa shape index (κ2) is 20.4. The molecule has 0 spiro atoms. The van der Waals surface area contributed by atoms with Crippen LogP contribution in [0.15, 0.2) is 218 Å². The van der Waals surface area contributed by atoms with Crippen molar-refractivity contribution in [1.82, 2.24) is 0 Å². The fraction of sp³-hybridized carbons (Fsp3) is 0.167. The number of rotatable bonds is 0. The minimum Gasteiger partial charge on any atom is -0.457 e. The van der Waals surface area contributed by atoms with Crippen LogP contribution in [0.1, 0.15) is 74.9 Å². The third-order valence-corrected chi connectivity index (χ3v) is 15.3. The lowest BCUT2D eigenvalue weighted by atomic mass is 9.82. The van der Waals surface area contributed by atoms with E-state index in [1.165, 1.54) is 55.6 Å². The molecule has 5 nitrogen and oxygen atoms in total. The van der Waals surface area contributed by atoms with Crippen LogP contribution in [0.4, 0.5) is 45.5 Å². The third kappa shape index (κ3) is 10.7. The highest BCUT2D eigenvalue weighted by Gasteiger charge is 2.24. The van der Waals surface area contributed by atoms with E-state index in [1.807, 2.05) is 24.3 Å². The molecule has 0 unspecified atom stereocenters. The Labute approximate surface area is 455 Å². The number of anilines is 8. The Hall–Kier alpha value is -8.80. The maximum atomic E-state index is 6.65. The van der Waals surface area contributed by atoms with Gasteiger partial charge in [0.25, 0.3) is 0 Å². The minimum atomic E-state index is -0.103. The average Bonchev–Trinajstić information content (AvgIpc) is 3.43. The van der Waals surface area contributed by atoms with E-state index in [0.29, 0.717) is 0 Å². The molecule has 6 heterocycles. The lowest BCUT2D eigenvalue weighted by Crippen LogP contribution is -2.12. The Bertz CT molecular complexity index is 3380. The zero-order valence-electron chi connectivity index (χ0n) is 45.0. The molecule has 5 heteroatoms. The molecule has 0 aromatic heterocycles. The van der Waals surface area contributed by atoms with Gasteiger partial charge < -0.3 is 26.0 Å². The van der Waals surface area contributed by atoms with E-state index in [-0.39, 0.29) is 10.8 Å². The quantitative estimate of drug-likeness (QED) is 0.122. The largest absolute Gasteiger partial charge is 0.457 e. The SMILES string of the molecule is CC(C)(C)c1cc2c3c(c1)-c1ccc(cc1)CCc1ccc(cc1)-c1cc(C(C)(C)C)cc(c1Nc1ccccc1Nc1cccc(c1)Oc1cccc(c1)Nc1ccccc1N3)-c1ccc(cc1)CCc1ccc-2cc1. The topological polar surface area (TPSA) is 57.4 Å². The summed E-state index contributed by atoms with van der Waals surface area (Å²) in [6.07, 6.45) is 3.70. The molecule has 23 rings (SSSR count). The third-order valence-electron chi connectivity index (χ3n) is 15.3. The lowest BCUT2D eigenvalue weighted by Gasteiger charge is -2.26. The molecule has 380 valence electrons. The minimum absolute atomic E-state index is 0.103. The fourth-order valence-corrected chi connectivity index (χ4v) is 10.7. The van der Waals surface area contributed by atoms with Gasteiger partial charge in [-0.25, -0.2) is 0 Å². The molecule has 0 saturated heterocycles. The van der Waals surface area contributed by atoms with Crippen molar-refractivity contribution in [3.8, 4) is 56.0 Å². The van der Waals surface area contributed by atoms with Crippen molar-refractivity contribution in [2.45, 2.75) is 78.1 Å². The van der Waals surface area contributed by atoms with Gasteiger partial charge in [-0.3, -0.25) is 0 Å². The predicted molar refractivity (Wildman–Crippen MR) is 326 cm³/mol. The van der Waals surface area contributed by atoms with Crippen LogP contribution in [0.5, 0.6) is 11.5 Å². The van der Waals surface area contributed by atoms with Crippen LogP contribution >= 0.6 is 0 Å². The Morgan fingerprint density at radius 3 is 0.870 bits per heavy atom. The van der Waals surface area contributed by atoms with Crippen LogP contribution in [0.25, 0.3) is 44.5 Å². The van der Waals surface area contributed by atoms with E-state index in [9.17, 15) is 0 Å². The zero-order valence-corrected chi connectivity index (χ0v) is 45.0. The molecule has 4 N–H and O–H groups in total. The number of ether oxygens (including phenoxy) is 1. The molecule has 6 aliphatic heterocycles. The predicted octanol–water partition coefficient (Wildman–Crippen LogP) is 19.9. The van der Waals surface area contributed by atoms with Crippen molar-refractivity contribution in [3.63, 3.8) is 0 Å². The van der Waals surface area contributed by atoms with Gasteiger partial charge in [-0.1, -0.05) is 175 Å². The lowest BCUT2D eigenvalue weighted by molar-refractivity contribution is 0.483. The normalized spacial score (nSPS) is 13.1. The van der Waals surface area contributed by atoms with Gasteiger partial charge in [-0.15, -0.1) is 0 Å². The van der Waals surface area contributed by atoms with Gasteiger partial charge in [-0.05, 0) is 165 Å². The first-order valence-corrected chi connectivity index (χ1v) is 27.2. The summed E-state index contributed by atoms with van der Waals surface area (Å²) in [5.41, 5.74) is 24.6. The molecule has 0 saturated carbocycles. The number of hydrogen-bond donors (Lipinski definition) is 4. The molecule has 0 fully saturated rings. The van der Waals surface area contributed by atoms with E-state index in [2.05, 4.69) is 257 Å². The smallest absolute Gasteiger partial charge is 0.129 e. The maximum absolute atomic E-state index is 6.65. The summed E-state index contributed by atoms with van der Waals surface area (Å²) < 4.78 is 6.65. The van der Waals surface area contributed by atoms with Crippen LogP contribution in [0.3, 0.4) is 0 Å². The second-order valence-electron chi connectivity index (χ2n) is 22.9. The van der Waals surface area contributed by atoms with E-state index in [0.717, 1.165) is 105 Å². The maximum Gasteiger partial charge on any atom is 0.129 e. The van der Waals surface area contributed by atoms with Crippen molar-refractivity contribution < 1.29 is 4.74 Å². The summed E-state index contributed by atoms with van der Waals surface area (Å²) in [7, 11) is 0. The second-order valence-corrected chi connectivity index (χ2v) is 22.9. The number of benzene rings is 10. The van der Waals surface area contributed by atoms with Gasteiger partial charge in [0.1, 0.15) is 11.5 Å². The highest BCUT2D eigenvalue weighted by atomic mass is 16.5. The Morgan fingerprint density at radius 2 is 0.584 bits per heavy atom. The van der Waals surface area contributed by atoms with Crippen LogP contribution in [-0.2, 0) is 36.5 Å². The first-order valence-electron chi connectivity index (χ1n) is 27.2. The van der Waals surface area contributed by atoms with Gasteiger partial charge in [0.05, 0.1) is 34.1 Å². The van der Waals surface area contributed by atoms with Gasteiger partial charge in [0, 0.05) is 45.8 Å². The summed E-state index contributed by atoms with van der Waals surface area (Å²) in [6, 6.07) is 80.1. The van der Waals surface area contributed by atoms with Crippen molar-refractivity contribution in [2.24, 2.45) is 0 Å². The van der Waals surface area contributed by atoms with Gasteiger partial charge in [0.15, 0.2) is 0 Å². The first-order chi connectivity index (χ1) is 37.3. The van der Waals surface area contributed by atoms with E-state index in [4.69, 9.17) is 4.74 Å². The van der Waals surface area contributed by atoms with Crippen molar-refractivity contribution in [1.29, 1.82) is 0 Å². The number of hydrogen-bond acceptors (Lipinski definition) is 5. The highest BCUT2D eigenvalue weighted by molar-refractivity contribution is 5.97. The summed E-state index contributed by atoms with van der Waals surface area (Å²) in [5, 5.41) is 15.6. The van der Waals surface area contributed by atoms with E-state index < -0.39 is 0 Å². The van der Waals surface area contributed by atoms with Crippen molar-refractivity contribution in [2.75, 3.05) is 21.3 Å². The molecule has 10 aromatic carbocycles. The number of aryl methyl sites for hydroxylation is 4. The van der Waals surface area contributed by atoms with Gasteiger partial charge >= 0.3 is 0 Å². The van der Waals surface area contributed by atoms with Crippen LogP contribution in [0.2, 0.25) is 0 Å². The molecule has 0 atom stereocenters. The molecule has 0 amide bonds. The van der Waals surface area contributed by atoms with Crippen LogP contribution < -0.4 is 26.0 Å². The highest BCUT2D eigenvalue weighted by Crippen LogP contribution is 2.47. The zero-order chi connectivity index (χ0) is 52.7. The monoisotopic (exact) mass is 1000 g/mol. The fourth-order valence-electron chi connectivity index (χ4n) is 10.7. The summed E-state index contributed by atoms with van der Waals surface area (Å²) in [5.74, 6) is 1.45. The Kier molecular flexibility index (Phi) is 13.0. The summed E-state index contributed by atoms with van der Waals surface area (Å²) >= 11 is 0. The average molecular weight is 1000 g/mol. The standard InChI is InChI=1S/C72H66N4O/c1-71(2,3)55-41-61-51-33-25-47(26-34-51)21-23-49-29-37-53(38-30-49)63-43-56(72(4,5)6)44-64-54-39-31-50(32-40-54)24-22-48-27-35-52(36-28-48)62(42-55)69(61)75-67-19-9-7-17-65(67)73-57-13-11-15-59(45-57)77-60-16-12-14-58(46-60)74-66-18-8-10-20-68(66)76-70(63)64/h7-20,25-46,73-76H,21-24H2,1-6H3. The summed E-state index contributed by atoms with van der Waals surface area (Å²) in [4.78, 5) is 0. The van der Waals surface area contributed by atoms with Crippen molar-refractivity contribution in [3.05, 3.63) is 252 Å². The van der Waals surface area contributed by atoms with Gasteiger partial charge in [-0.2, -0.15) is 0 Å². The van der Waals surface area contributed by atoms with E-state index >= 15 is 0 Å². The van der Waals surface area contributed by atoms with Crippen molar-refractivity contribution >= 4 is 45.5 Å².